The Morgan fingerprint density at radius 2 is 1.94 bits per heavy atom. The van der Waals surface area contributed by atoms with Gasteiger partial charge in [0, 0.05) is 0 Å². The van der Waals surface area contributed by atoms with Crippen LogP contribution in [-0.4, -0.2) is 55.3 Å². The van der Waals surface area contributed by atoms with Crippen LogP contribution in [0.2, 0.25) is 0 Å². The first-order valence-corrected chi connectivity index (χ1v) is 11.2. The van der Waals surface area contributed by atoms with Gasteiger partial charge in [0.05, 0.1) is 29.3 Å². The van der Waals surface area contributed by atoms with Crippen LogP contribution in [0.15, 0.2) is 45.8 Å². The third kappa shape index (κ3) is 5.94. The van der Waals surface area contributed by atoms with E-state index in [4.69, 9.17) is 9.47 Å². The first-order chi connectivity index (χ1) is 16.2. The number of hydrogen-bond donors (Lipinski definition) is 1. The number of carbonyl (C=O) groups is 4. The third-order valence-corrected chi connectivity index (χ3v) is 5.93. The minimum atomic E-state index is -0.717. The highest BCUT2D eigenvalue weighted by atomic mass is 79.9. The van der Waals surface area contributed by atoms with Gasteiger partial charge in [-0.1, -0.05) is 12.1 Å². The molecule has 2 aromatic rings. The Bertz CT molecular complexity index is 1190. The summed E-state index contributed by atoms with van der Waals surface area (Å²) >= 11 is 3.99. The van der Waals surface area contributed by atoms with Gasteiger partial charge >= 0.3 is 5.97 Å². The number of benzene rings is 2. The average Bonchev–Trinajstić information content (AvgIpc) is 3.06. The van der Waals surface area contributed by atoms with Gasteiger partial charge in [0.25, 0.3) is 11.1 Å². The molecule has 0 aromatic heterocycles. The number of thioether (sulfide) groups is 1. The molecule has 9 nitrogen and oxygen atoms in total. The van der Waals surface area contributed by atoms with E-state index in [-0.39, 0.29) is 28.7 Å². The molecule has 0 aliphatic carbocycles. The van der Waals surface area contributed by atoms with E-state index in [1.807, 2.05) is 0 Å². The van der Waals surface area contributed by atoms with Crippen molar-refractivity contribution < 1.29 is 37.8 Å². The molecule has 0 radical (unpaired) electrons. The largest absolute Gasteiger partial charge is 0.493 e. The molecule has 3 rings (SSSR count). The summed E-state index contributed by atoms with van der Waals surface area (Å²) in [5.41, 5.74) is 0.442. The maximum Gasteiger partial charge on any atom is 0.343 e. The summed E-state index contributed by atoms with van der Waals surface area (Å²) in [6.07, 6.45) is 1.46. The highest BCUT2D eigenvalue weighted by molar-refractivity contribution is 9.10. The number of para-hydroxylation sites is 1. The number of esters is 1. The first kappa shape index (κ1) is 25.2. The Morgan fingerprint density at radius 1 is 1.21 bits per heavy atom. The molecule has 0 saturated carbocycles. The Morgan fingerprint density at radius 3 is 2.62 bits per heavy atom. The fourth-order valence-electron chi connectivity index (χ4n) is 2.84. The summed E-state index contributed by atoms with van der Waals surface area (Å²) in [5, 5.41) is 1.70. The predicted molar refractivity (Wildman–Crippen MR) is 126 cm³/mol. The van der Waals surface area contributed by atoms with Crippen LogP contribution >= 0.6 is 27.7 Å². The SMILES string of the molecule is COC(=O)COc1c(Br)cc(/C=C2\SC(=O)N(CC(=O)Nc3ccccc3F)C2=O)cc1OC. The number of ether oxygens (including phenoxy) is 3. The highest BCUT2D eigenvalue weighted by Crippen LogP contribution is 2.39. The molecule has 0 unspecified atom stereocenters. The Labute approximate surface area is 206 Å². The number of hydrogen-bond acceptors (Lipinski definition) is 8. The van der Waals surface area contributed by atoms with E-state index in [0.29, 0.717) is 21.8 Å². The van der Waals surface area contributed by atoms with Crippen LogP contribution in [-0.2, 0) is 19.1 Å². The van der Waals surface area contributed by atoms with Crippen LogP contribution in [0, 0.1) is 5.82 Å². The molecular weight excluding hydrogens is 535 g/mol. The summed E-state index contributed by atoms with van der Waals surface area (Å²) in [6, 6.07) is 8.71. The maximum atomic E-state index is 13.7. The maximum absolute atomic E-state index is 13.7. The van der Waals surface area contributed by atoms with Gasteiger partial charge < -0.3 is 19.5 Å². The molecule has 178 valence electrons. The van der Waals surface area contributed by atoms with Crippen LogP contribution in [0.5, 0.6) is 11.5 Å². The van der Waals surface area contributed by atoms with Crippen molar-refractivity contribution in [2.45, 2.75) is 0 Å². The van der Waals surface area contributed by atoms with Crippen molar-refractivity contribution in [1.29, 1.82) is 0 Å². The zero-order valence-electron chi connectivity index (χ0n) is 17.9. The Balaban J connectivity index is 1.75. The van der Waals surface area contributed by atoms with Crippen LogP contribution in [0.4, 0.5) is 14.9 Å². The van der Waals surface area contributed by atoms with E-state index < -0.39 is 35.4 Å². The second-order valence-electron chi connectivity index (χ2n) is 6.69. The van der Waals surface area contributed by atoms with Crippen molar-refractivity contribution >= 4 is 62.5 Å². The zero-order chi connectivity index (χ0) is 24.8. The smallest absolute Gasteiger partial charge is 0.343 e. The fraction of sp³-hybridized carbons (Fsp3) is 0.182. The van der Waals surface area contributed by atoms with Crippen molar-refractivity contribution in [3.05, 3.63) is 57.2 Å². The highest BCUT2D eigenvalue weighted by Gasteiger charge is 2.36. The minimum absolute atomic E-state index is 0.0542. The molecule has 34 heavy (non-hydrogen) atoms. The van der Waals surface area contributed by atoms with Gasteiger partial charge in [0.1, 0.15) is 12.4 Å². The van der Waals surface area contributed by atoms with Gasteiger partial charge in [-0.15, -0.1) is 0 Å². The van der Waals surface area contributed by atoms with Gasteiger partial charge in [-0.25, -0.2) is 9.18 Å². The molecule has 3 amide bonds. The van der Waals surface area contributed by atoms with Crippen LogP contribution in [0.25, 0.3) is 6.08 Å². The number of halogens is 2. The van der Waals surface area contributed by atoms with E-state index in [1.54, 1.807) is 18.2 Å². The quantitative estimate of drug-likeness (QED) is 0.388. The lowest BCUT2D eigenvalue weighted by Gasteiger charge is -2.13. The topological polar surface area (TPSA) is 111 Å². The fourth-order valence-corrected chi connectivity index (χ4v) is 4.25. The lowest BCUT2D eigenvalue weighted by atomic mass is 10.2. The van der Waals surface area contributed by atoms with Gasteiger partial charge in [0.2, 0.25) is 5.91 Å². The lowest BCUT2D eigenvalue weighted by Crippen LogP contribution is -2.36. The number of nitrogens with one attached hydrogen (secondary N) is 1. The summed E-state index contributed by atoms with van der Waals surface area (Å²) in [4.78, 5) is 49.5. The van der Waals surface area contributed by atoms with Crippen LogP contribution in [0.1, 0.15) is 5.56 Å². The van der Waals surface area contributed by atoms with Gasteiger partial charge in [-0.2, -0.15) is 0 Å². The number of anilines is 1. The van der Waals surface area contributed by atoms with Gasteiger partial charge in [-0.3, -0.25) is 19.3 Å². The van der Waals surface area contributed by atoms with Crippen LogP contribution in [0.3, 0.4) is 0 Å². The number of amides is 3. The standard InChI is InChI=1S/C22H18BrFN2O7S/c1-31-16-8-12(7-13(23)20(16)33-11-19(28)32-2)9-17-21(29)26(22(30)34-17)10-18(27)25-15-6-4-3-5-14(15)24/h3-9H,10-11H2,1-2H3,(H,25,27)/b17-9-. The van der Waals surface area contributed by atoms with Crippen molar-refractivity contribution in [3.63, 3.8) is 0 Å². The zero-order valence-corrected chi connectivity index (χ0v) is 20.3. The Hall–Kier alpha value is -3.38. The molecular formula is C22H18BrFN2O7S. The van der Waals surface area contributed by atoms with E-state index in [2.05, 4.69) is 26.0 Å². The van der Waals surface area contributed by atoms with Gasteiger partial charge in [-0.05, 0) is 63.6 Å². The summed E-state index contributed by atoms with van der Waals surface area (Å²) < 4.78 is 29.4. The van der Waals surface area contributed by atoms with Crippen molar-refractivity contribution in [2.24, 2.45) is 0 Å². The van der Waals surface area contributed by atoms with Gasteiger partial charge in [0.15, 0.2) is 18.1 Å². The third-order valence-electron chi connectivity index (χ3n) is 4.43. The number of carbonyl (C=O) groups excluding carboxylic acids is 4. The molecule has 0 bridgehead atoms. The molecule has 1 saturated heterocycles. The van der Waals surface area contributed by atoms with Crippen molar-refractivity contribution in [2.75, 3.05) is 32.7 Å². The van der Waals surface area contributed by atoms with E-state index in [0.717, 1.165) is 4.90 Å². The monoisotopic (exact) mass is 552 g/mol. The summed E-state index contributed by atoms with van der Waals surface area (Å²) in [7, 11) is 2.64. The Kier molecular flexibility index (Phi) is 8.29. The normalized spacial score (nSPS) is 14.4. The molecule has 12 heteroatoms. The van der Waals surface area contributed by atoms with E-state index in [9.17, 15) is 23.6 Å². The molecule has 1 N–H and O–H groups in total. The van der Waals surface area contributed by atoms with Crippen molar-refractivity contribution in [3.8, 4) is 11.5 Å². The first-order valence-electron chi connectivity index (χ1n) is 9.60. The van der Waals surface area contributed by atoms with Crippen molar-refractivity contribution in [1.82, 2.24) is 4.90 Å². The number of nitrogens with zero attached hydrogens (tertiary/aromatic N) is 1. The second-order valence-corrected chi connectivity index (χ2v) is 8.54. The molecule has 2 aromatic carbocycles. The number of methoxy groups -OCH3 is 2. The molecule has 1 fully saturated rings. The predicted octanol–water partition coefficient (Wildman–Crippen LogP) is 3.82. The lowest BCUT2D eigenvalue weighted by molar-refractivity contribution is -0.143. The van der Waals surface area contributed by atoms with Crippen LogP contribution < -0.4 is 14.8 Å². The van der Waals surface area contributed by atoms with E-state index in [1.165, 1.54) is 38.5 Å². The molecule has 0 atom stereocenters. The average molecular weight is 553 g/mol. The van der Waals surface area contributed by atoms with E-state index >= 15 is 0 Å². The summed E-state index contributed by atoms with van der Waals surface area (Å²) in [5.74, 6) is -2.07. The minimum Gasteiger partial charge on any atom is -0.493 e. The molecule has 0 spiro atoms. The molecule has 1 aliphatic rings. The number of rotatable bonds is 8. The second kappa shape index (κ2) is 11.2. The summed E-state index contributed by atoms with van der Waals surface area (Å²) in [6.45, 7) is -0.900. The molecule has 1 heterocycles. The molecule has 1 aliphatic heterocycles. The number of imide groups is 1.